The molecule has 14 rings (SSSR count). The van der Waals surface area contributed by atoms with Crippen molar-refractivity contribution in [3.05, 3.63) is 183 Å². The Balaban J connectivity index is 0.000000192. The molecule has 12 heterocycles. The van der Waals surface area contributed by atoms with Crippen LogP contribution in [0.3, 0.4) is 0 Å². The predicted octanol–water partition coefficient (Wildman–Crippen LogP) is 13.9. The van der Waals surface area contributed by atoms with E-state index in [1.807, 2.05) is 32.2 Å². The second-order valence-electron chi connectivity index (χ2n) is 20.5. The van der Waals surface area contributed by atoms with E-state index < -0.39 is 4.92 Å². The van der Waals surface area contributed by atoms with E-state index >= 15 is 0 Å². The molecule has 536 valence electrons. The number of rotatable bonds is 11. The molecule has 2 saturated heterocycles. The highest BCUT2D eigenvalue weighted by Crippen LogP contribution is 2.35. The predicted molar refractivity (Wildman–Crippen MR) is 404 cm³/mol. The summed E-state index contributed by atoms with van der Waals surface area (Å²) in [7, 11) is 0. The summed E-state index contributed by atoms with van der Waals surface area (Å²) in [5.74, 6) is -0.605. The summed E-state index contributed by atoms with van der Waals surface area (Å²) < 4.78 is 32.5. The molecular weight excluding hydrogens is 1690 g/mol. The highest BCUT2D eigenvalue weighted by molar-refractivity contribution is 9.19. The molecule has 40 heteroatoms. The molecule has 102 heavy (non-hydrogen) atoms. The van der Waals surface area contributed by atoms with Crippen LogP contribution in [0.2, 0.25) is 25.1 Å². The number of anilines is 3. The number of nitrogens with one attached hydrogen (secondary N) is 2. The Morgan fingerprint density at radius 3 is 1.57 bits per heavy atom. The maximum Gasteiger partial charge on any atom is 0.336 e. The zero-order valence-corrected chi connectivity index (χ0v) is 64.7. The number of aliphatic hydroxyl groups is 2. The molecule has 1 amide bonds. The van der Waals surface area contributed by atoms with Crippen LogP contribution in [0.25, 0.3) is 45.1 Å². The number of nitriles is 2. The lowest BCUT2D eigenvalue weighted by Gasteiger charge is -2.35. The number of benzene rings is 2. The van der Waals surface area contributed by atoms with Gasteiger partial charge in [0.05, 0.1) is 44.9 Å². The summed E-state index contributed by atoms with van der Waals surface area (Å²) >= 11 is 39.8. The summed E-state index contributed by atoms with van der Waals surface area (Å²) in [6.07, 6.45) is 9.40. The number of alkyl halides is 2. The second-order valence-corrected chi connectivity index (χ2v) is 26.6. The second kappa shape index (κ2) is 40.3. The molecule has 0 bridgehead atoms. The molecule has 0 aliphatic carbocycles. The lowest BCUT2D eigenvalue weighted by molar-refractivity contribution is -0.384. The standard InChI is InChI=1S/C18H12ClFN6S.C10H4ClFN2S.C8H7ClN4O2.C8H9ClN4.C8H8ClN3.C5H8BrNO2.C3H7NO.C2H2Br2O.ClH/c1-2-12-16(17-22-14(19)7-8-26(17)25-12)24-18-23-15(13(9-21)27-18)10-3-5-11(20)6-4-10;11-10-14-9(8(5-13)15-10)6-1-3-7(12)4-2-6;1-2-5-7(13(14)15)8-10-6(9)3-4-12(8)11-5;1-2-5-7(10)8-11-6(9)3-4-13(8)12-5;1-2-6-5-8-10-7(9)3-4-12(8)11-6;6-1-5(9)7-2-4(8)3-7;5-3-1-4-2-3;3-1-2(4)5;/h3-8H,2H2,1H3,(H,23,24);1-4H;3-4H,2H2,1H3;3-4H,2,10H2,1H3;3-5H,2H2,1H3;4,8H,1-3H2;3-5H,1-2H2;1H2;1H. The number of aromatic nitrogens is 14. The van der Waals surface area contributed by atoms with Crippen LogP contribution in [0.15, 0.2) is 104 Å². The Kier molecular flexibility index (Phi) is 32.9. The van der Waals surface area contributed by atoms with Gasteiger partial charge in [0.1, 0.15) is 82.6 Å². The molecule has 0 atom stereocenters. The molecule has 27 nitrogen and oxygen atoms in total. The molecule has 6 N–H and O–H groups in total. The number of nitrogen functional groups attached to an aromatic ring is 1. The Hall–Kier alpha value is -7.78. The third kappa shape index (κ3) is 23.1. The molecule has 0 unspecified atom stereocenters. The van der Waals surface area contributed by atoms with Crippen molar-refractivity contribution in [2.45, 2.75) is 65.6 Å². The number of aryl methyl sites for hydroxylation is 4. The fourth-order valence-corrected chi connectivity index (χ4v) is 11.2. The molecule has 2 aromatic carbocycles. The first-order valence-electron chi connectivity index (χ1n) is 29.8. The molecule has 2 aliphatic heterocycles. The van der Waals surface area contributed by atoms with Gasteiger partial charge in [0.25, 0.3) is 0 Å². The van der Waals surface area contributed by atoms with Gasteiger partial charge < -0.3 is 31.5 Å². The fraction of sp³-hybridized carbons (Fsp3) is 0.258. The lowest BCUT2D eigenvalue weighted by atomic mass is 10.1. The Bertz CT molecular complexity index is 4920. The summed E-state index contributed by atoms with van der Waals surface area (Å²) in [4.78, 5) is 58.2. The minimum absolute atomic E-state index is 0. The Labute approximate surface area is 644 Å². The van der Waals surface area contributed by atoms with Crippen LogP contribution < -0.4 is 16.4 Å². The van der Waals surface area contributed by atoms with Gasteiger partial charge in [0.2, 0.25) is 16.2 Å². The van der Waals surface area contributed by atoms with Crippen LogP contribution in [0, 0.1) is 44.4 Å². The molecule has 2 aliphatic rings. The smallest absolute Gasteiger partial charge is 0.336 e. The monoisotopic (exact) mass is 1740 g/mol. The summed E-state index contributed by atoms with van der Waals surface area (Å²) in [6, 6.07) is 24.4. The van der Waals surface area contributed by atoms with Crippen molar-refractivity contribution in [2.75, 3.05) is 47.9 Å². The number of nitro groups is 1. The van der Waals surface area contributed by atoms with Crippen LogP contribution in [0.1, 0.15) is 60.2 Å². The number of fused-ring (bicyclic) bond motifs is 4. The minimum Gasteiger partial charge on any atom is -0.394 e. The average Bonchev–Trinajstić information content (AvgIpc) is 1.65. The normalized spacial score (nSPS) is 12.0. The van der Waals surface area contributed by atoms with Crippen molar-refractivity contribution in [3.8, 4) is 34.7 Å². The van der Waals surface area contributed by atoms with E-state index in [1.54, 1.807) is 86.4 Å². The summed E-state index contributed by atoms with van der Waals surface area (Å²) in [6.45, 7) is 10.4. The molecule has 0 saturated carbocycles. The van der Waals surface area contributed by atoms with Crippen LogP contribution >= 0.6 is 141 Å². The van der Waals surface area contributed by atoms with Gasteiger partial charge in [-0.2, -0.15) is 30.9 Å². The van der Waals surface area contributed by atoms with Gasteiger partial charge in [0.15, 0.2) is 26.5 Å². The molecule has 0 spiro atoms. The number of nitrogens with two attached hydrogens (primary N) is 1. The number of halogens is 11. The van der Waals surface area contributed by atoms with Crippen molar-refractivity contribution in [1.29, 1.82) is 10.5 Å². The zero-order chi connectivity index (χ0) is 73.6. The van der Waals surface area contributed by atoms with E-state index in [-0.39, 0.29) is 63.3 Å². The highest BCUT2D eigenvalue weighted by Gasteiger charge is 2.28. The van der Waals surface area contributed by atoms with Crippen LogP contribution in [0.4, 0.5) is 31.0 Å². The van der Waals surface area contributed by atoms with Crippen LogP contribution in [-0.2, 0) is 35.3 Å². The largest absolute Gasteiger partial charge is 0.394 e. The highest BCUT2D eigenvalue weighted by atomic mass is 79.9. The van der Waals surface area contributed by atoms with Gasteiger partial charge in [-0.3, -0.25) is 19.7 Å². The number of aliphatic hydroxyl groups excluding tert-OH is 2. The number of thiazole rings is 2. The first kappa shape index (κ1) is 83.2. The Morgan fingerprint density at radius 1 is 0.657 bits per heavy atom. The van der Waals surface area contributed by atoms with E-state index in [2.05, 4.69) is 122 Å². The maximum absolute atomic E-state index is 13.2. The van der Waals surface area contributed by atoms with Crippen molar-refractivity contribution in [3.63, 3.8) is 0 Å². The van der Waals surface area contributed by atoms with Gasteiger partial charge in [0, 0.05) is 68.2 Å². The van der Waals surface area contributed by atoms with E-state index in [1.165, 1.54) is 46.2 Å². The average molecular weight is 1750 g/mol. The zero-order valence-electron chi connectivity index (χ0n) is 53.7. The number of hydrogen-bond acceptors (Lipinski definition) is 23. The number of carbonyl (C=O) groups excluding carboxylic acids is 2. The number of amides is 1. The van der Waals surface area contributed by atoms with Crippen molar-refractivity contribution in [2.24, 2.45) is 0 Å². The topological polar surface area (TPSA) is 365 Å². The number of nitrogens with zero attached hydrogens (tertiary/aromatic N) is 18. The summed E-state index contributed by atoms with van der Waals surface area (Å²) in [5, 5.41) is 72.2. The molecule has 2 fully saturated rings. The lowest BCUT2D eigenvalue weighted by Crippen LogP contribution is -2.53. The van der Waals surface area contributed by atoms with Crippen LogP contribution in [-0.4, -0.2) is 148 Å². The number of β-amino-alcohol motifs (C(OH)–C–C–N with tert-alkyl or cyclic N) is 2. The molecule has 12 aromatic rings. The van der Waals surface area contributed by atoms with Crippen molar-refractivity contribution < 1.29 is 33.5 Å². The van der Waals surface area contributed by atoms with Gasteiger partial charge in [-0.1, -0.05) is 140 Å². The SMILES string of the molecule is CCc1cc2nc(Cl)ccn2n1.CCc1nn2ccc(Cl)nc2c1N.CCc1nn2ccc(Cl)nc2c1Nc1nc(-c2ccc(F)cc2)c(C#N)s1.CCc1nn2ccc(Cl)nc2c1[N+](=O)[O-].Cl.N#Cc1sc(Cl)nc1-c1ccc(F)cc1.O=C(Br)CBr.O=C(CBr)N1CC(O)C1.OC1CNC1. The van der Waals surface area contributed by atoms with Gasteiger partial charge in [-0.15, -0.1) is 12.4 Å². The van der Waals surface area contributed by atoms with Crippen molar-refractivity contribution >= 4 is 196 Å². The van der Waals surface area contributed by atoms with E-state index in [0.29, 0.717) is 122 Å². The van der Waals surface area contributed by atoms with E-state index in [9.17, 15) is 33.7 Å². The third-order valence-electron chi connectivity index (χ3n) is 13.6. The molecule has 10 aromatic heterocycles. The number of hydrogen-bond donors (Lipinski definition) is 5. The number of likely N-dealkylation sites (tertiary alicyclic amines) is 1. The fourth-order valence-electron chi connectivity index (χ4n) is 8.55. The number of carbonyl (C=O) groups is 2. The first-order valence-corrected chi connectivity index (χ1v) is 36.3. The van der Waals surface area contributed by atoms with Crippen molar-refractivity contribution in [1.82, 2.24) is 78.6 Å². The summed E-state index contributed by atoms with van der Waals surface area (Å²) in [5.41, 5.74) is 14.7. The van der Waals surface area contributed by atoms with Gasteiger partial charge >= 0.3 is 5.69 Å². The van der Waals surface area contributed by atoms with E-state index in [4.69, 9.17) is 79.2 Å². The Morgan fingerprint density at radius 2 is 1.11 bits per heavy atom. The van der Waals surface area contributed by atoms with Gasteiger partial charge in [-0.25, -0.2) is 56.7 Å². The quantitative estimate of drug-likeness (QED) is 0.0264. The first-order chi connectivity index (χ1) is 48.3. The maximum atomic E-state index is 13.2. The van der Waals surface area contributed by atoms with E-state index in [0.717, 1.165) is 60.0 Å². The molecular formula is C62H58Br3Cl6F2N21O6S2. The minimum atomic E-state index is -0.482. The molecule has 0 radical (unpaired) electrons. The van der Waals surface area contributed by atoms with Crippen LogP contribution in [0.5, 0.6) is 0 Å². The van der Waals surface area contributed by atoms with Gasteiger partial charge in [-0.05, 0) is 114 Å². The third-order valence-corrected chi connectivity index (χ3v) is 18.4.